The third-order valence-corrected chi connectivity index (χ3v) is 5.56. The number of rotatable bonds is 5. The van der Waals surface area contributed by atoms with Gasteiger partial charge < -0.3 is 14.2 Å². The predicted octanol–water partition coefficient (Wildman–Crippen LogP) is 2.26. The second kappa shape index (κ2) is 7.48. The highest BCUT2D eigenvalue weighted by Crippen LogP contribution is 2.36. The van der Waals surface area contributed by atoms with Gasteiger partial charge in [0.2, 0.25) is 0 Å². The van der Waals surface area contributed by atoms with Gasteiger partial charge >= 0.3 is 0 Å². The molecule has 0 aliphatic carbocycles. The zero-order valence-electron chi connectivity index (χ0n) is 14.4. The first-order valence-corrected chi connectivity index (χ1v) is 9.26. The van der Waals surface area contributed by atoms with Crippen LogP contribution in [0.25, 0.3) is 0 Å². The summed E-state index contributed by atoms with van der Waals surface area (Å²) in [6.45, 7) is 6.72. The van der Waals surface area contributed by atoms with Crippen LogP contribution in [-0.4, -0.2) is 61.0 Å². The number of likely N-dealkylation sites (tertiary alicyclic amines) is 1. The molecule has 0 unspecified atom stereocenters. The number of pyridine rings is 1. The maximum Gasteiger partial charge on any atom is 0.0959 e. The van der Waals surface area contributed by atoms with Gasteiger partial charge in [0.25, 0.3) is 0 Å². The summed E-state index contributed by atoms with van der Waals surface area (Å²) in [6, 6.07) is 4.04. The van der Waals surface area contributed by atoms with Crippen molar-refractivity contribution in [3.05, 3.63) is 30.1 Å². The average Bonchev–Trinajstić information content (AvgIpc) is 2.61. The van der Waals surface area contributed by atoms with E-state index < -0.39 is 0 Å². The summed E-state index contributed by atoms with van der Waals surface area (Å²) in [7, 11) is 0. The van der Waals surface area contributed by atoms with Gasteiger partial charge in [0.15, 0.2) is 0 Å². The maximum atomic E-state index is 6.15. The Labute approximate surface area is 144 Å². The Hall–Kier alpha value is -1.01. The van der Waals surface area contributed by atoms with Gasteiger partial charge in [-0.25, -0.2) is 0 Å². The number of aromatic nitrogens is 1. The Balaban J connectivity index is 1.22. The van der Waals surface area contributed by atoms with E-state index in [1.807, 2.05) is 24.5 Å². The molecule has 1 spiro atoms. The molecule has 0 amide bonds. The van der Waals surface area contributed by atoms with E-state index in [0.29, 0.717) is 12.7 Å². The van der Waals surface area contributed by atoms with Gasteiger partial charge in [0.05, 0.1) is 18.3 Å². The molecule has 3 saturated heterocycles. The van der Waals surface area contributed by atoms with Crippen LogP contribution in [0.15, 0.2) is 24.5 Å². The average molecular weight is 332 g/mol. The fourth-order valence-corrected chi connectivity index (χ4v) is 4.23. The molecule has 1 aromatic rings. The zero-order chi connectivity index (χ0) is 16.2. The van der Waals surface area contributed by atoms with Crippen molar-refractivity contribution in [2.24, 2.45) is 5.92 Å². The molecule has 132 valence electrons. The Kier molecular flexibility index (Phi) is 5.13. The van der Waals surface area contributed by atoms with Gasteiger partial charge in [-0.1, -0.05) is 0 Å². The molecule has 0 aromatic carbocycles. The van der Waals surface area contributed by atoms with E-state index >= 15 is 0 Å². The summed E-state index contributed by atoms with van der Waals surface area (Å²) in [5, 5.41) is 0. The summed E-state index contributed by atoms with van der Waals surface area (Å²) >= 11 is 0. The monoisotopic (exact) mass is 332 g/mol. The molecule has 5 heteroatoms. The molecule has 0 saturated carbocycles. The minimum absolute atomic E-state index is 0.0479. The van der Waals surface area contributed by atoms with Crippen molar-refractivity contribution in [1.82, 2.24) is 9.88 Å². The lowest BCUT2D eigenvalue weighted by atomic mass is 9.83. The van der Waals surface area contributed by atoms with E-state index in [-0.39, 0.29) is 5.60 Å². The highest BCUT2D eigenvalue weighted by molar-refractivity contribution is 5.08. The Morgan fingerprint density at radius 1 is 1.12 bits per heavy atom. The summed E-state index contributed by atoms with van der Waals surface area (Å²) in [4.78, 5) is 6.61. The van der Waals surface area contributed by atoms with Gasteiger partial charge in [0.1, 0.15) is 0 Å². The van der Waals surface area contributed by atoms with Crippen molar-refractivity contribution in [2.45, 2.75) is 44.0 Å². The van der Waals surface area contributed by atoms with Gasteiger partial charge in [-0.15, -0.1) is 0 Å². The highest BCUT2D eigenvalue weighted by Gasteiger charge is 2.48. The molecule has 24 heavy (non-hydrogen) atoms. The number of hydrogen-bond acceptors (Lipinski definition) is 5. The van der Waals surface area contributed by atoms with Crippen LogP contribution in [0.4, 0.5) is 0 Å². The molecule has 0 bridgehead atoms. The van der Waals surface area contributed by atoms with E-state index in [1.54, 1.807) is 0 Å². The molecule has 4 heterocycles. The third kappa shape index (κ3) is 3.97. The molecule has 3 fully saturated rings. The zero-order valence-corrected chi connectivity index (χ0v) is 14.4. The van der Waals surface area contributed by atoms with Crippen molar-refractivity contribution < 1.29 is 14.2 Å². The second-order valence-corrected chi connectivity index (χ2v) is 7.54. The Morgan fingerprint density at radius 3 is 2.71 bits per heavy atom. The van der Waals surface area contributed by atoms with Crippen LogP contribution < -0.4 is 0 Å². The first-order chi connectivity index (χ1) is 11.8. The van der Waals surface area contributed by atoms with Crippen LogP contribution in [0.5, 0.6) is 0 Å². The summed E-state index contributed by atoms with van der Waals surface area (Å²) in [6.07, 6.45) is 8.42. The standard InChI is InChI=1S/C19H28N2O3/c1-6-20-7-2-17(1)13-23-18-5-10-24-19(11-18)14-21(15-19)12-16-3-8-22-9-4-16/h1-2,6-7,16,18H,3-5,8-15H2/t18-/m0/s1. The fraction of sp³-hybridized carbons (Fsp3) is 0.737. The van der Waals surface area contributed by atoms with Crippen molar-refractivity contribution in [3.63, 3.8) is 0 Å². The SMILES string of the molecule is c1cc(CO[C@H]2CCOC3(C2)CN(CC2CCOCC2)C3)ccn1. The topological polar surface area (TPSA) is 43.8 Å². The molecular formula is C19H28N2O3. The molecule has 1 atom stereocenters. The van der Waals surface area contributed by atoms with E-state index in [2.05, 4.69) is 9.88 Å². The lowest BCUT2D eigenvalue weighted by molar-refractivity contribution is -0.201. The molecule has 5 nitrogen and oxygen atoms in total. The second-order valence-electron chi connectivity index (χ2n) is 7.54. The minimum atomic E-state index is 0.0479. The van der Waals surface area contributed by atoms with Crippen LogP contribution in [0, 0.1) is 5.92 Å². The maximum absolute atomic E-state index is 6.15. The molecule has 3 aliphatic rings. The molecule has 0 radical (unpaired) electrons. The van der Waals surface area contributed by atoms with Gasteiger partial charge in [-0.3, -0.25) is 9.88 Å². The van der Waals surface area contributed by atoms with Gasteiger partial charge in [-0.2, -0.15) is 0 Å². The van der Waals surface area contributed by atoms with Crippen LogP contribution in [0.3, 0.4) is 0 Å². The number of nitrogens with zero attached hydrogens (tertiary/aromatic N) is 2. The Bertz CT molecular complexity index is 513. The van der Waals surface area contributed by atoms with E-state index in [9.17, 15) is 0 Å². The van der Waals surface area contributed by atoms with E-state index in [1.165, 1.54) is 24.9 Å². The normalized spacial score (nSPS) is 27.9. The third-order valence-electron chi connectivity index (χ3n) is 5.56. The van der Waals surface area contributed by atoms with Crippen molar-refractivity contribution in [3.8, 4) is 0 Å². The van der Waals surface area contributed by atoms with Gasteiger partial charge in [0, 0.05) is 58.3 Å². The molecule has 4 rings (SSSR count). The number of hydrogen-bond donors (Lipinski definition) is 0. The first kappa shape index (κ1) is 16.5. The summed E-state index contributed by atoms with van der Waals surface area (Å²) < 4.78 is 17.7. The summed E-state index contributed by atoms with van der Waals surface area (Å²) in [5.41, 5.74) is 1.24. The molecule has 0 N–H and O–H groups in total. The van der Waals surface area contributed by atoms with Crippen LogP contribution in [0.1, 0.15) is 31.2 Å². The lowest BCUT2D eigenvalue weighted by Gasteiger charge is -2.54. The van der Waals surface area contributed by atoms with Crippen LogP contribution in [0.2, 0.25) is 0 Å². The smallest absolute Gasteiger partial charge is 0.0959 e. The number of ether oxygens (including phenoxy) is 3. The quantitative estimate of drug-likeness (QED) is 0.827. The highest BCUT2D eigenvalue weighted by atomic mass is 16.5. The van der Waals surface area contributed by atoms with Gasteiger partial charge in [-0.05, 0) is 42.9 Å². The molecule has 1 aromatic heterocycles. The predicted molar refractivity (Wildman–Crippen MR) is 90.7 cm³/mol. The lowest BCUT2D eigenvalue weighted by Crippen LogP contribution is -2.66. The van der Waals surface area contributed by atoms with Crippen LogP contribution in [-0.2, 0) is 20.8 Å². The summed E-state index contributed by atoms with van der Waals surface area (Å²) in [5.74, 6) is 0.804. The first-order valence-electron chi connectivity index (χ1n) is 9.26. The van der Waals surface area contributed by atoms with Crippen molar-refractivity contribution >= 4 is 0 Å². The van der Waals surface area contributed by atoms with Crippen molar-refractivity contribution in [2.75, 3.05) is 39.5 Å². The largest absolute Gasteiger partial charge is 0.381 e. The molecular weight excluding hydrogens is 304 g/mol. The Morgan fingerprint density at radius 2 is 1.92 bits per heavy atom. The van der Waals surface area contributed by atoms with Crippen molar-refractivity contribution in [1.29, 1.82) is 0 Å². The molecule has 3 aliphatic heterocycles. The fourth-order valence-electron chi connectivity index (χ4n) is 4.23. The minimum Gasteiger partial charge on any atom is -0.381 e. The van der Waals surface area contributed by atoms with E-state index in [4.69, 9.17) is 14.2 Å². The van der Waals surface area contributed by atoms with E-state index in [0.717, 1.165) is 51.7 Å². The van der Waals surface area contributed by atoms with Crippen LogP contribution >= 0.6 is 0 Å².